The molecule has 0 bridgehead atoms. The first-order chi connectivity index (χ1) is 3.81. The van der Waals surface area contributed by atoms with Gasteiger partial charge in [0.05, 0.1) is 0 Å². The Morgan fingerprint density at radius 3 is 2.62 bits per heavy atom. The van der Waals surface area contributed by atoms with Crippen LogP contribution in [0.15, 0.2) is 0 Å². The second-order valence-electron chi connectivity index (χ2n) is 1.42. The molecule has 1 radical (unpaired) electrons. The van der Waals surface area contributed by atoms with Crippen LogP contribution in [0.2, 0.25) is 0 Å². The van der Waals surface area contributed by atoms with Gasteiger partial charge in [0.2, 0.25) is 0 Å². The normalized spacial score (nSPS) is 9.25. The fraction of sp³-hybridized carbons (Fsp3) is 0.667. The third-order valence-electron chi connectivity index (χ3n) is 0.670. The first-order valence-electron chi connectivity index (χ1n) is 2.82. The van der Waals surface area contributed by atoms with E-state index >= 15 is 0 Å². The quantitative estimate of drug-likeness (QED) is 0.584. The Morgan fingerprint density at radius 2 is 2.25 bits per heavy atom. The van der Waals surface area contributed by atoms with Gasteiger partial charge in [-0.1, -0.05) is 25.6 Å². The standard InChI is InChI=1S/C6H11OS/c1-3-5-8-6(7)4-2/h5H,3-4H2,1-2H3. The molecule has 0 spiro atoms. The minimum atomic E-state index is 0.256. The lowest BCUT2D eigenvalue weighted by Gasteiger charge is -1.90. The molecule has 0 aromatic carbocycles. The Balaban J connectivity index is 2.99. The monoisotopic (exact) mass is 131 g/mol. The van der Waals surface area contributed by atoms with Crippen LogP contribution in [0.4, 0.5) is 0 Å². The highest BCUT2D eigenvalue weighted by Crippen LogP contribution is 2.10. The van der Waals surface area contributed by atoms with Crippen LogP contribution >= 0.6 is 11.8 Å². The van der Waals surface area contributed by atoms with Gasteiger partial charge in [0.1, 0.15) is 0 Å². The molecule has 0 aliphatic carbocycles. The molecule has 0 aliphatic heterocycles. The van der Waals surface area contributed by atoms with E-state index in [0.29, 0.717) is 6.42 Å². The lowest BCUT2D eigenvalue weighted by atomic mass is 10.6. The molecule has 0 saturated carbocycles. The molecule has 0 aromatic rings. The van der Waals surface area contributed by atoms with E-state index in [9.17, 15) is 4.79 Å². The summed E-state index contributed by atoms with van der Waals surface area (Å²) in [6.45, 7) is 3.90. The predicted molar refractivity (Wildman–Crippen MR) is 37.5 cm³/mol. The van der Waals surface area contributed by atoms with Crippen molar-refractivity contribution in [3.8, 4) is 0 Å². The van der Waals surface area contributed by atoms with Crippen LogP contribution in [-0.2, 0) is 4.79 Å². The van der Waals surface area contributed by atoms with Crippen LogP contribution < -0.4 is 0 Å². The SMILES string of the molecule is CC[CH]SC(=O)CC. The van der Waals surface area contributed by atoms with E-state index < -0.39 is 0 Å². The summed E-state index contributed by atoms with van der Waals surface area (Å²) in [5.41, 5.74) is 0. The number of hydrogen-bond acceptors (Lipinski definition) is 2. The molecule has 0 N–H and O–H groups in total. The van der Waals surface area contributed by atoms with Crippen LogP contribution in [0, 0.1) is 5.75 Å². The topological polar surface area (TPSA) is 17.1 Å². The van der Waals surface area contributed by atoms with Crippen molar-refractivity contribution in [3.05, 3.63) is 5.75 Å². The van der Waals surface area contributed by atoms with E-state index in [1.165, 1.54) is 11.8 Å². The van der Waals surface area contributed by atoms with Crippen LogP contribution in [0.25, 0.3) is 0 Å². The number of hydrogen-bond donors (Lipinski definition) is 0. The second-order valence-corrected chi connectivity index (χ2v) is 2.44. The molecule has 1 nitrogen and oxygen atoms in total. The largest absolute Gasteiger partial charge is 0.287 e. The van der Waals surface area contributed by atoms with Gasteiger partial charge in [-0.05, 0) is 6.42 Å². The third-order valence-corrected chi connectivity index (χ3v) is 1.72. The Morgan fingerprint density at radius 1 is 1.62 bits per heavy atom. The van der Waals surface area contributed by atoms with Crippen molar-refractivity contribution in [3.63, 3.8) is 0 Å². The highest BCUT2D eigenvalue weighted by molar-refractivity contribution is 8.15. The molecule has 0 atom stereocenters. The van der Waals surface area contributed by atoms with E-state index in [2.05, 4.69) is 0 Å². The summed E-state index contributed by atoms with van der Waals surface area (Å²) < 4.78 is 0. The average molecular weight is 131 g/mol. The van der Waals surface area contributed by atoms with Crippen molar-refractivity contribution in [2.24, 2.45) is 0 Å². The molecule has 8 heavy (non-hydrogen) atoms. The molecule has 0 amide bonds. The first kappa shape index (κ1) is 8.02. The van der Waals surface area contributed by atoms with Gasteiger partial charge in [-0.25, -0.2) is 0 Å². The van der Waals surface area contributed by atoms with Gasteiger partial charge in [0, 0.05) is 12.2 Å². The summed E-state index contributed by atoms with van der Waals surface area (Å²) in [6.07, 6.45) is 1.61. The number of rotatable bonds is 3. The summed E-state index contributed by atoms with van der Waals surface area (Å²) in [5.74, 6) is 1.92. The van der Waals surface area contributed by atoms with Gasteiger partial charge in [-0.3, -0.25) is 4.79 Å². The average Bonchev–Trinajstić information content (AvgIpc) is 1.83. The molecule has 0 fully saturated rings. The van der Waals surface area contributed by atoms with Crippen molar-refractivity contribution in [1.29, 1.82) is 0 Å². The molecule has 47 valence electrons. The third kappa shape index (κ3) is 4.19. The van der Waals surface area contributed by atoms with E-state index in [1.807, 2.05) is 19.6 Å². The molecule has 0 aromatic heterocycles. The van der Waals surface area contributed by atoms with Crippen LogP contribution in [0.1, 0.15) is 26.7 Å². The van der Waals surface area contributed by atoms with Gasteiger partial charge >= 0.3 is 0 Å². The van der Waals surface area contributed by atoms with Crippen molar-refractivity contribution < 1.29 is 4.79 Å². The Labute approximate surface area is 54.8 Å². The minimum Gasteiger partial charge on any atom is -0.287 e. The maximum atomic E-state index is 10.5. The summed E-state index contributed by atoms with van der Waals surface area (Å²) in [6, 6.07) is 0. The zero-order valence-corrected chi connectivity index (χ0v) is 6.12. The van der Waals surface area contributed by atoms with Gasteiger partial charge in [0.25, 0.3) is 0 Å². The van der Waals surface area contributed by atoms with Gasteiger partial charge in [-0.15, -0.1) is 0 Å². The van der Waals surface area contributed by atoms with E-state index in [0.717, 1.165) is 6.42 Å². The number of thioether (sulfide) groups is 1. The van der Waals surface area contributed by atoms with Crippen molar-refractivity contribution in [1.82, 2.24) is 0 Å². The summed E-state index contributed by atoms with van der Waals surface area (Å²) >= 11 is 1.31. The van der Waals surface area contributed by atoms with Crippen LogP contribution in [0.3, 0.4) is 0 Å². The Kier molecular flexibility index (Phi) is 5.18. The zero-order valence-electron chi connectivity index (χ0n) is 5.31. The molecular formula is C6H11OS. The maximum absolute atomic E-state index is 10.5. The lowest BCUT2D eigenvalue weighted by Crippen LogP contribution is -1.84. The predicted octanol–water partition coefficient (Wildman–Crippen LogP) is 2.23. The number of carbonyl (C=O) groups is 1. The maximum Gasteiger partial charge on any atom is 0.188 e. The minimum absolute atomic E-state index is 0.256. The van der Waals surface area contributed by atoms with Crippen molar-refractivity contribution >= 4 is 16.9 Å². The fourth-order valence-electron chi connectivity index (χ4n) is 0.260. The second kappa shape index (κ2) is 5.16. The molecule has 0 unspecified atom stereocenters. The summed E-state index contributed by atoms with van der Waals surface area (Å²) in [7, 11) is 0. The van der Waals surface area contributed by atoms with Gasteiger partial charge < -0.3 is 0 Å². The molecular weight excluding hydrogens is 120 g/mol. The highest BCUT2D eigenvalue weighted by Gasteiger charge is 1.94. The van der Waals surface area contributed by atoms with Crippen molar-refractivity contribution in [2.75, 3.05) is 0 Å². The molecule has 0 aliphatic rings. The van der Waals surface area contributed by atoms with E-state index in [1.54, 1.807) is 0 Å². The van der Waals surface area contributed by atoms with Gasteiger partial charge in [-0.2, -0.15) is 0 Å². The Hall–Kier alpha value is 0.0200. The fourth-order valence-corrected chi connectivity index (χ4v) is 0.779. The van der Waals surface area contributed by atoms with E-state index in [-0.39, 0.29) is 5.12 Å². The number of carbonyl (C=O) groups excluding carboxylic acids is 1. The van der Waals surface area contributed by atoms with Gasteiger partial charge in [0.15, 0.2) is 5.12 Å². The Bertz CT molecular complexity index is 70.9. The summed E-state index contributed by atoms with van der Waals surface area (Å²) in [5, 5.41) is 0.256. The lowest BCUT2D eigenvalue weighted by molar-refractivity contribution is -0.110. The smallest absolute Gasteiger partial charge is 0.188 e. The molecule has 0 saturated heterocycles. The molecule has 2 heteroatoms. The summed E-state index contributed by atoms with van der Waals surface area (Å²) in [4.78, 5) is 10.5. The van der Waals surface area contributed by atoms with E-state index in [4.69, 9.17) is 0 Å². The van der Waals surface area contributed by atoms with Crippen molar-refractivity contribution in [2.45, 2.75) is 26.7 Å². The zero-order chi connectivity index (χ0) is 6.41. The molecule has 0 rings (SSSR count). The molecule has 0 heterocycles. The van der Waals surface area contributed by atoms with Crippen LogP contribution in [0.5, 0.6) is 0 Å². The van der Waals surface area contributed by atoms with Crippen LogP contribution in [-0.4, -0.2) is 5.12 Å². The highest BCUT2D eigenvalue weighted by atomic mass is 32.2. The first-order valence-corrected chi connectivity index (χ1v) is 3.70.